The van der Waals surface area contributed by atoms with E-state index < -0.39 is 0 Å². The Balaban J connectivity index is 2.15. The van der Waals surface area contributed by atoms with Crippen LogP contribution in [-0.2, 0) is 19.4 Å². The van der Waals surface area contributed by atoms with Crippen molar-refractivity contribution >= 4 is 11.6 Å². The summed E-state index contributed by atoms with van der Waals surface area (Å²) >= 11 is 6.53. The van der Waals surface area contributed by atoms with E-state index in [2.05, 4.69) is 24.4 Å². The van der Waals surface area contributed by atoms with Crippen LogP contribution in [0.2, 0.25) is 5.02 Å². The van der Waals surface area contributed by atoms with Crippen molar-refractivity contribution in [2.75, 3.05) is 0 Å². The van der Waals surface area contributed by atoms with Gasteiger partial charge in [-0.3, -0.25) is 16.0 Å². The summed E-state index contributed by atoms with van der Waals surface area (Å²) in [5, 5.41) is 5.45. The lowest BCUT2D eigenvalue weighted by Crippen LogP contribution is -2.42. The van der Waals surface area contributed by atoms with Crippen LogP contribution in [0.5, 0.6) is 0 Å². The molecule has 0 saturated heterocycles. The first-order valence-electron chi connectivity index (χ1n) is 8.41. The van der Waals surface area contributed by atoms with Gasteiger partial charge in [0.2, 0.25) is 0 Å². The third-order valence-corrected chi connectivity index (χ3v) is 5.23. The number of hydrogen-bond donors (Lipinski definition) is 2. The Morgan fingerprint density at radius 3 is 2.48 bits per heavy atom. The minimum Gasteiger partial charge on any atom is -0.271 e. The highest BCUT2D eigenvalue weighted by Gasteiger charge is 2.25. The van der Waals surface area contributed by atoms with Gasteiger partial charge in [-0.2, -0.15) is 5.10 Å². The zero-order valence-corrected chi connectivity index (χ0v) is 14.1. The van der Waals surface area contributed by atoms with Crippen LogP contribution in [0.4, 0.5) is 0 Å². The van der Waals surface area contributed by atoms with Crippen molar-refractivity contribution in [1.82, 2.24) is 15.2 Å². The molecule has 3 N–H and O–H groups in total. The molecule has 4 nitrogen and oxygen atoms in total. The predicted molar refractivity (Wildman–Crippen MR) is 88.3 cm³/mol. The SMILES string of the molecule is CCc1nn(CC)c(CC(NN)C2CCCCCC2)c1Cl. The van der Waals surface area contributed by atoms with Gasteiger partial charge in [0.1, 0.15) is 0 Å². The minimum atomic E-state index is 0.298. The number of nitrogens with two attached hydrogens (primary N) is 1. The van der Waals surface area contributed by atoms with E-state index in [-0.39, 0.29) is 0 Å². The Morgan fingerprint density at radius 2 is 1.95 bits per heavy atom. The van der Waals surface area contributed by atoms with Gasteiger partial charge >= 0.3 is 0 Å². The first kappa shape index (κ1) is 16.8. The number of nitrogens with one attached hydrogen (secondary N) is 1. The van der Waals surface area contributed by atoms with Crippen LogP contribution in [0.25, 0.3) is 0 Å². The average Bonchev–Trinajstić information content (AvgIpc) is 2.70. The van der Waals surface area contributed by atoms with Crippen LogP contribution in [0, 0.1) is 5.92 Å². The van der Waals surface area contributed by atoms with Crippen LogP contribution in [-0.4, -0.2) is 15.8 Å². The van der Waals surface area contributed by atoms with Crippen molar-refractivity contribution in [2.24, 2.45) is 11.8 Å². The van der Waals surface area contributed by atoms with Crippen molar-refractivity contribution < 1.29 is 0 Å². The van der Waals surface area contributed by atoms with Crippen LogP contribution in [0.15, 0.2) is 0 Å². The lowest BCUT2D eigenvalue weighted by atomic mass is 9.89. The summed E-state index contributed by atoms with van der Waals surface area (Å²) < 4.78 is 2.04. The zero-order chi connectivity index (χ0) is 15.2. The van der Waals surface area contributed by atoms with Gasteiger partial charge in [0, 0.05) is 19.0 Å². The van der Waals surface area contributed by atoms with Crippen molar-refractivity contribution in [3.8, 4) is 0 Å². The standard InChI is InChI=1S/C16H29ClN4/c1-3-13-16(17)15(21(4-2)20-13)11-14(19-18)12-9-7-5-6-8-10-12/h12,14,19H,3-11,18H2,1-2H3. The second kappa shape index (κ2) is 8.16. The molecule has 21 heavy (non-hydrogen) atoms. The molecule has 1 saturated carbocycles. The fourth-order valence-corrected chi connectivity index (χ4v) is 3.84. The summed E-state index contributed by atoms with van der Waals surface area (Å²) in [4.78, 5) is 0. The molecular formula is C16H29ClN4. The van der Waals surface area contributed by atoms with E-state index >= 15 is 0 Å². The monoisotopic (exact) mass is 312 g/mol. The van der Waals surface area contributed by atoms with Crippen LogP contribution in [0.3, 0.4) is 0 Å². The molecule has 1 heterocycles. The molecule has 1 aromatic rings. The lowest BCUT2D eigenvalue weighted by Gasteiger charge is -2.25. The Morgan fingerprint density at radius 1 is 1.29 bits per heavy atom. The molecular weight excluding hydrogens is 284 g/mol. The second-order valence-corrected chi connectivity index (χ2v) is 6.48. The molecule has 5 heteroatoms. The van der Waals surface area contributed by atoms with Crippen molar-refractivity contribution in [2.45, 2.75) is 77.8 Å². The van der Waals surface area contributed by atoms with Gasteiger partial charge in [0.15, 0.2) is 0 Å². The Labute approximate surface area is 133 Å². The van der Waals surface area contributed by atoms with Gasteiger partial charge in [-0.1, -0.05) is 44.2 Å². The fraction of sp³-hybridized carbons (Fsp3) is 0.812. The normalized spacial score (nSPS) is 18.7. The average molecular weight is 313 g/mol. The molecule has 1 fully saturated rings. The maximum absolute atomic E-state index is 6.53. The summed E-state index contributed by atoms with van der Waals surface area (Å²) in [5.41, 5.74) is 5.20. The van der Waals surface area contributed by atoms with Crippen molar-refractivity contribution in [3.63, 3.8) is 0 Å². The number of rotatable bonds is 6. The zero-order valence-electron chi connectivity index (χ0n) is 13.4. The molecule has 1 aromatic heterocycles. The number of halogens is 1. The highest BCUT2D eigenvalue weighted by Crippen LogP contribution is 2.29. The smallest absolute Gasteiger partial charge is 0.0850 e. The first-order chi connectivity index (χ1) is 10.2. The van der Waals surface area contributed by atoms with E-state index in [0.717, 1.165) is 35.8 Å². The largest absolute Gasteiger partial charge is 0.271 e. The highest BCUT2D eigenvalue weighted by atomic mass is 35.5. The van der Waals surface area contributed by atoms with Gasteiger partial charge in [0.25, 0.3) is 0 Å². The number of aryl methyl sites for hydroxylation is 2. The molecule has 1 atom stereocenters. The molecule has 120 valence electrons. The van der Waals surface area contributed by atoms with Crippen LogP contribution in [0.1, 0.15) is 63.8 Å². The number of nitrogens with zero attached hydrogens (tertiary/aromatic N) is 2. The van der Waals surface area contributed by atoms with Gasteiger partial charge in [0.05, 0.1) is 16.4 Å². The molecule has 2 rings (SSSR count). The highest BCUT2D eigenvalue weighted by molar-refractivity contribution is 6.31. The number of hydrogen-bond acceptors (Lipinski definition) is 3. The van der Waals surface area contributed by atoms with Crippen LogP contribution < -0.4 is 11.3 Å². The minimum absolute atomic E-state index is 0.298. The maximum Gasteiger partial charge on any atom is 0.0850 e. The summed E-state index contributed by atoms with van der Waals surface area (Å²) in [6.07, 6.45) is 9.67. The maximum atomic E-state index is 6.53. The summed E-state index contributed by atoms with van der Waals surface area (Å²) in [6.45, 7) is 5.07. The lowest BCUT2D eigenvalue weighted by molar-refractivity contribution is 0.315. The van der Waals surface area contributed by atoms with Gasteiger partial charge in [-0.25, -0.2) is 0 Å². The van der Waals surface area contributed by atoms with Gasteiger partial charge in [-0.15, -0.1) is 0 Å². The van der Waals surface area contributed by atoms with E-state index in [1.165, 1.54) is 38.5 Å². The van der Waals surface area contributed by atoms with Crippen LogP contribution >= 0.6 is 11.6 Å². The molecule has 1 unspecified atom stereocenters. The Bertz CT molecular complexity index is 436. The van der Waals surface area contributed by atoms with Crippen molar-refractivity contribution in [1.29, 1.82) is 0 Å². The molecule has 1 aliphatic carbocycles. The quantitative estimate of drug-likeness (QED) is 0.480. The summed E-state index contributed by atoms with van der Waals surface area (Å²) in [6, 6.07) is 0.298. The predicted octanol–water partition coefficient (Wildman–Crippen LogP) is 3.46. The fourth-order valence-electron chi connectivity index (χ4n) is 3.50. The van der Waals surface area contributed by atoms with E-state index in [4.69, 9.17) is 17.4 Å². The van der Waals surface area contributed by atoms with E-state index in [1.807, 2.05) is 4.68 Å². The van der Waals surface area contributed by atoms with E-state index in [1.54, 1.807) is 0 Å². The van der Waals surface area contributed by atoms with Crippen molar-refractivity contribution in [3.05, 3.63) is 16.4 Å². The molecule has 0 bridgehead atoms. The first-order valence-corrected chi connectivity index (χ1v) is 8.79. The summed E-state index contributed by atoms with van der Waals surface area (Å²) in [7, 11) is 0. The Hall–Kier alpha value is -0.580. The van der Waals surface area contributed by atoms with E-state index in [9.17, 15) is 0 Å². The molecule has 0 spiro atoms. The molecule has 0 amide bonds. The van der Waals surface area contributed by atoms with Gasteiger partial charge < -0.3 is 0 Å². The number of aromatic nitrogens is 2. The second-order valence-electron chi connectivity index (χ2n) is 6.11. The number of hydrazine groups is 1. The van der Waals surface area contributed by atoms with E-state index in [0.29, 0.717) is 12.0 Å². The Kier molecular flexibility index (Phi) is 6.52. The molecule has 0 aromatic carbocycles. The molecule has 0 aliphatic heterocycles. The molecule has 1 aliphatic rings. The third-order valence-electron chi connectivity index (χ3n) is 4.79. The van der Waals surface area contributed by atoms with Gasteiger partial charge in [-0.05, 0) is 32.1 Å². The summed E-state index contributed by atoms with van der Waals surface area (Å²) in [5.74, 6) is 6.51. The topological polar surface area (TPSA) is 55.9 Å². The molecule has 0 radical (unpaired) electrons. The third kappa shape index (κ3) is 3.99.